The molecule has 23 heavy (non-hydrogen) atoms. The molecule has 1 amide bonds. The van der Waals surface area contributed by atoms with E-state index in [4.69, 9.17) is 0 Å². The summed E-state index contributed by atoms with van der Waals surface area (Å²) in [5.41, 5.74) is 0.588. The molecule has 0 aliphatic carbocycles. The average Bonchev–Trinajstić information content (AvgIpc) is 2.55. The van der Waals surface area contributed by atoms with E-state index in [-0.39, 0.29) is 16.9 Å². The fraction of sp³-hybridized carbons (Fsp3) is 0.667. The third kappa shape index (κ3) is 2.82. The van der Waals surface area contributed by atoms with Crippen LogP contribution < -0.4 is 10.5 Å². The second kappa shape index (κ2) is 6.11. The van der Waals surface area contributed by atoms with Crippen molar-refractivity contribution in [3.05, 3.63) is 28.7 Å². The Hall–Kier alpha value is -1.62. The lowest BCUT2D eigenvalue weighted by atomic mass is 9.71. The number of pyridine rings is 1. The minimum Gasteiger partial charge on any atom is -0.317 e. The summed E-state index contributed by atoms with van der Waals surface area (Å²) >= 11 is 0. The number of carbonyl (C=O) groups is 1. The van der Waals surface area contributed by atoms with Gasteiger partial charge in [-0.05, 0) is 38.8 Å². The van der Waals surface area contributed by atoms with E-state index in [0.717, 1.165) is 38.2 Å². The molecule has 0 N–H and O–H groups in total. The number of hydrogen-bond acceptors (Lipinski definition) is 3. The maximum absolute atomic E-state index is 12.9. The number of piperidine rings is 1. The molecule has 0 bridgehead atoms. The number of aromatic nitrogens is 1. The average molecular weight is 317 g/mol. The first kappa shape index (κ1) is 16.2. The quantitative estimate of drug-likeness (QED) is 0.798. The van der Waals surface area contributed by atoms with Crippen molar-refractivity contribution < 1.29 is 4.79 Å². The van der Waals surface area contributed by atoms with Crippen LogP contribution in [0.3, 0.4) is 0 Å². The second-order valence-corrected chi connectivity index (χ2v) is 7.22. The zero-order valence-corrected chi connectivity index (χ0v) is 14.4. The molecule has 2 saturated heterocycles. The first-order valence-corrected chi connectivity index (χ1v) is 8.69. The number of carbonyl (C=O) groups excluding carboxylic acids is 1. The Morgan fingerprint density at radius 3 is 2.70 bits per heavy atom. The molecule has 0 unspecified atom stereocenters. The molecule has 2 atom stereocenters. The Balaban J connectivity index is 1.72. The number of anilines is 1. The van der Waals surface area contributed by atoms with Gasteiger partial charge in [-0.15, -0.1) is 0 Å². The van der Waals surface area contributed by atoms with Gasteiger partial charge in [0.15, 0.2) is 0 Å². The first-order chi connectivity index (χ1) is 11.0. The zero-order valence-electron chi connectivity index (χ0n) is 14.4. The minimum atomic E-state index is -0.199. The van der Waals surface area contributed by atoms with Crippen molar-refractivity contribution in [1.29, 1.82) is 0 Å². The van der Waals surface area contributed by atoms with Gasteiger partial charge in [-0.1, -0.05) is 13.3 Å². The first-order valence-electron chi connectivity index (χ1n) is 8.69. The van der Waals surface area contributed by atoms with Crippen LogP contribution in [0.15, 0.2) is 23.1 Å². The van der Waals surface area contributed by atoms with Crippen molar-refractivity contribution in [3.63, 3.8) is 0 Å². The highest BCUT2D eigenvalue weighted by Gasteiger charge is 2.54. The lowest BCUT2D eigenvalue weighted by Gasteiger charge is -2.54. The number of β-lactam (4-membered cyclic amide) rings is 1. The van der Waals surface area contributed by atoms with E-state index in [1.807, 2.05) is 4.90 Å². The third-order valence-corrected chi connectivity index (χ3v) is 5.48. The predicted molar refractivity (Wildman–Crippen MR) is 91.6 cm³/mol. The van der Waals surface area contributed by atoms with Crippen LogP contribution in [-0.4, -0.2) is 41.1 Å². The van der Waals surface area contributed by atoms with Crippen LogP contribution in [0.25, 0.3) is 0 Å². The Kier molecular flexibility index (Phi) is 4.32. The Morgan fingerprint density at radius 2 is 2.04 bits per heavy atom. The van der Waals surface area contributed by atoms with Gasteiger partial charge in [0.05, 0.1) is 11.1 Å². The summed E-state index contributed by atoms with van der Waals surface area (Å²) in [6.07, 6.45) is 6.22. The largest absolute Gasteiger partial charge is 0.317 e. The van der Waals surface area contributed by atoms with Crippen LogP contribution in [0.1, 0.15) is 39.5 Å². The molecule has 2 aliphatic rings. The maximum atomic E-state index is 12.9. The van der Waals surface area contributed by atoms with Crippen molar-refractivity contribution in [2.75, 3.05) is 24.5 Å². The van der Waals surface area contributed by atoms with Gasteiger partial charge >= 0.3 is 0 Å². The summed E-state index contributed by atoms with van der Waals surface area (Å²) in [5.74, 6) is 0.226. The standard InChI is InChI=1S/C18H27N3O2/c1-4-6-14(2)20-10-5-9-18(12-20)13-21(17(18)23)15-7-8-16(22)19(3)11-15/h7-8,11,14H,4-6,9-10,12-13H2,1-3H3/t14-,18+/m0/s1. The summed E-state index contributed by atoms with van der Waals surface area (Å²) in [4.78, 5) is 28.7. The Bertz CT molecular complexity index is 654. The number of hydrogen-bond donors (Lipinski definition) is 0. The Labute approximate surface area is 137 Å². The summed E-state index contributed by atoms with van der Waals surface area (Å²) in [6, 6.07) is 3.84. The predicted octanol–water partition coefficient (Wildman–Crippen LogP) is 2.00. The zero-order chi connectivity index (χ0) is 16.6. The molecule has 3 heterocycles. The monoisotopic (exact) mass is 317 g/mol. The number of nitrogens with zero attached hydrogens (tertiary/aromatic N) is 3. The van der Waals surface area contributed by atoms with Gasteiger partial charge in [0, 0.05) is 38.4 Å². The number of aryl methyl sites for hydroxylation is 1. The van der Waals surface area contributed by atoms with Gasteiger partial charge in [-0.3, -0.25) is 14.5 Å². The van der Waals surface area contributed by atoms with E-state index >= 15 is 0 Å². The van der Waals surface area contributed by atoms with E-state index in [1.54, 1.807) is 19.3 Å². The van der Waals surface area contributed by atoms with Crippen molar-refractivity contribution >= 4 is 11.6 Å². The highest BCUT2D eigenvalue weighted by atomic mass is 16.2. The molecule has 0 radical (unpaired) electrons. The molecule has 126 valence electrons. The van der Waals surface area contributed by atoms with E-state index in [2.05, 4.69) is 18.7 Å². The molecule has 0 saturated carbocycles. The van der Waals surface area contributed by atoms with Crippen molar-refractivity contribution in [2.45, 2.75) is 45.6 Å². The van der Waals surface area contributed by atoms with Crippen LogP contribution in [0.4, 0.5) is 5.69 Å². The van der Waals surface area contributed by atoms with Crippen LogP contribution in [-0.2, 0) is 11.8 Å². The molecular weight excluding hydrogens is 290 g/mol. The van der Waals surface area contributed by atoms with Gasteiger partial charge < -0.3 is 9.47 Å². The SMILES string of the molecule is CCC[C@H](C)N1CCC[C@]2(CN(c3ccc(=O)n(C)c3)C2=O)C1. The normalized spacial score (nSPS) is 26.4. The molecule has 5 heteroatoms. The molecule has 2 fully saturated rings. The highest BCUT2D eigenvalue weighted by Crippen LogP contribution is 2.43. The summed E-state index contributed by atoms with van der Waals surface area (Å²) in [6.45, 7) is 7.26. The van der Waals surface area contributed by atoms with E-state index in [0.29, 0.717) is 6.04 Å². The topological polar surface area (TPSA) is 45.5 Å². The lowest BCUT2D eigenvalue weighted by molar-refractivity contribution is -0.140. The van der Waals surface area contributed by atoms with Crippen molar-refractivity contribution in [1.82, 2.24) is 9.47 Å². The summed E-state index contributed by atoms with van der Waals surface area (Å²) < 4.78 is 1.53. The summed E-state index contributed by atoms with van der Waals surface area (Å²) in [5, 5.41) is 0. The molecule has 1 spiro atoms. The van der Waals surface area contributed by atoms with Gasteiger partial charge in [-0.25, -0.2) is 0 Å². The number of amides is 1. The third-order valence-electron chi connectivity index (χ3n) is 5.48. The number of rotatable bonds is 4. The summed E-state index contributed by atoms with van der Waals surface area (Å²) in [7, 11) is 1.72. The van der Waals surface area contributed by atoms with Gasteiger partial charge in [0.25, 0.3) is 0 Å². The number of likely N-dealkylation sites (tertiary alicyclic amines) is 1. The molecule has 2 aliphatic heterocycles. The Morgan fingerprint density at radius 1 is 1.26 bits per heavy atom. The molecule has 1 aromatic rings. The smallest absolute Gasteiger partial charge is 0.250 e. The molecule has 0 aromatic carbocycles. The minimum absolute atomic E-state index is 0.0475. The van der Waals surface area contributed by atoms with Gasteiger partial charge in [0.2, 0.25) is 11.5 Å². The molecule has 3 rings (SSSR count). The molecular formula is C18H27N3O2. The van der Waals surface area contributed by atoms with E-state index < -0.39 is 0 Å². The van der Waals surface area contributed by atoms with Crippen molar-refractivity contribution in [2.24, 2.45) is 12.5 Å². The maximum Gasteiger partial charge on any atom is 0.250 e. The molecule has 5 nitrogen and oxygen atoms in total. The van der Waals surface area contributed by atoms with Crippen molar-refractivity contribution in [3.8, 4) is 0 Å². The fourth-order valence-corrected chi connectivity index (χ4v) is 4.03. The van der Waals surface area contributed by atoms with Crippen LogP contribution >= 0.6 is 0 Å². The highest BCUT2D eigenvalue weighted by molar-refractivity contribution is 6.04. The molecule has 1 aromatic heterocycles. The lowest BCUT2D eigenvalue weighted by Crippen LogP contribution is -2.68. The van der Waals surface area contributed by atoms with Crippen LogP contribution in [0, 0.1) is 5.41 Å². The van der Waals surface area contributed by atoms with E-state index in [1.165, 1.54) is 23.5 Å². The van der Waals surface area contributed by atoms with Gasteiger partial charge in [-0.2, -0.15) is 0 Å². The second-order valence-electron chi connectivity index (χ2n) is 7.22. The fourth-order valence-electron chi connectivity index (χ4n) is 4.03. The van der Waals surface area contributed by atoms with Crippen LogP contribution in [0.2, 0.25) is 0 Å². The van der Waals surface area contributed by atoms with E-state index in [9.17, 15) is 9.59 Å². The van der Waals surface area contributed by atoms with Crippen LogP contribution in [0.5, 0.6) is 0 Å². The van der Waals surface area contributed by atoms with Gasteiger partial charge in [0.1, 0.15) is 0 Å².